The molecule has 0 saturated carbocycles. The minimum absolute atomic E-state index is 0.138. The van der Waals surface area contributed by atoms with Crippen molar-refractivity contribution in [2.75, 3.05) is 5.32 Å². The average molecular weight is 348 g/mol. The molecule has 7 nitrogen and oxygen atoms in total. The Balaban J connectivity index is 1.63. The molecular weight excluding hydrogens is 338 g/mol. The van der Waals surface area contributed by atoms with Crippen LogP contribution in [0.15, 0.2) is 47.2 Å². The average Bonchev–Trinajstić information content (AvgIpc) is 2.87. The maximum atomic E-state index is 11.7. The summed E-state index contributed by atoms with van der Waals surface area (Å²) in [6.45, 7) is 0.184. The number of halogens is 1. The summed E-state index contributed by atoms with van der Waals surface area (Å²) < 4.78 is 7.30. The van der Waals surface area contributed by atoms with Crippen molar-refractivity contribution in [3.8, 4) is 0 Å². The Morgan fingerprint density at radius 2 is 2.14 bits per heavy atom. The standard InChI is InChI=1S/C13H10BrN5O2/c14-10-6-15-12-16-11(18-19(12)7-10)17-13(20)21-8-9-4-2-1-3-5-9/h1-7H,8H2,(H,17,18,20). The van der Waals surface area contributed by atoms with Crippen LogP contribution in [0.3, 0.4) is 0 Å². The minimum Gasteiger partial charge on any atom is -0.444 e. The molecule has 1 N–H and O–H groups in total. The predicted octanol–water partition coefficient (Wildman–Crippen LogP) is 2.64. The Bertz CT molecular complexity index is 775. The smallest absolute Gasteiger partial charge is 0.414 e. The molecule has 0 radical (unpaired) electrons. The topological polar surface area (TPSA) is 81.4 Å². The molecule has 0 fully saturated rings. The van der Waals surface area contributed by atoms with Gasteiger partial charge in [-0.15, -0.1) is 5.10 Å². The van der Waals surface area contributed by atoms with Gasteiger partial charge in [-0.1, -0.05) is 30.3 Å². The number of hydrogen-bond acceptors (Lipinski definition) is 5. The van der Waals surface area contributed by atoms with Crippen LogP contribution in [0.25, 0.3) is 5.78 Å². The number of amides is 1. The molecule has 2 aromatic heterocycles. The summed E-state index contributed by atoms with van der Waals surface area (Å²) in [4.78, 5) is 19.8. The first-order valence-corrected chi connectivity index (χ1v) is 6.85. The third kappa shape index (κ3) is 3.34. The normalized spacial score (nSPS) is 10.5. The molecule has 0 saturated heterocycles. The van der Waals surface area contributed by atoms with Crippen LogP contribution in [0.1, 0.15) is 5.56 Å². The number of carbonyl (C=O) groups is 1. The number of nitrogens with one attached hydrogen (secondary N) is 1. The van der Waals surface area contributed by atoms with Crippen LogP contribution in [0, 0.1) is 0 Å². The largest absolute Gasteiger partial charge is 0.444 e. The highest BCUT2D eigenvalue weighted by molar-refractivity contribution is 9.10. The zero-order chi connectivity index (χ0) is 14.7. The quantitative estimate of drug-likeness (QED) is 0.787. The molecule has 0 bridgehead atoms. The lowest BCUT2D eigenvalue weighted by atomic mass is 10.2. The summed E-state index contributed by atoms with van der Waals surface area (Å²) in [5, 5.41) is 6.53. The monoisotopic (exact) mass is 347 g/mol. The number of ether oxygens (including phenoxy) is 1. The summed E-state index contributed by atoms with van der Waals surface area (Å²) in [6.07, 6.45) is 2.67. The number of hydrogen-bond donors (Lipinski definition) is 1. The zero-order valence-electron chi connectivity index (χ0n) is 10.7. The van der Waals surface area contributed by atoms with Gasteiger partial charge < -0.3 is 4.74 Å². The van der Waals surface area contributed by atoms with Crippen LogP contribution in [0.4, 0.5) is 10.7 Å². The van der Waals surface area contributed by atoms with Crippen LogP contribution in [-0.2, 0) is 11.3 Å². The van der Waals surface area contributed by atoms with E-state index in [2.05, 4.69) is 36.3 Å². The van der Waals surface area contributed by atoms with Gasteiger partial charge in [0.25, 0.3) is 11.7 Å². The lowest BCUT2D eigenvalue weighted by molar-refractivity contribution is 0.155. The van der Waals surface area contributed by atoms with E-state index in [0.717, 1.165) is 10.0 Å². The van der Waals surface area contributed by atoms with Crippen molar-refractivity contribution in [3.05, 3.63) is 52.8 Å². The number of nitrogens with zero attached hydrogens (tertiary/aromatic N) is 4. The van der Waals surface area contributed by atoms with Crippen molar-refractivity contribution >= 4 is 33.7 Å². The van der Waals surface area contributed by atoms with Crippen molar-refractivity contribution in [2.24, 2.45) is 0 Å². The number of fused-ring (bicyclic) bond motifs is 1. The molecule has 0 atom stereocenters. The molecule has 3 aromatic rings. The first-order valence-electron chi connectivity index (χ1n) is 6.06. The molecule has 0 aliphatic rings. The lowest BCUT2D eigenvalue weighted by Crippen LogP contribution is -2.14. The summed E-state index contributed by atoms with van der Waals surface area (Å²) in [5.41, 5.74) is 0.904. The van der Waals surface area contributed by atoms with E-state index in [1.54, 1.807) is 12.4 Å². The maximum absolute atomic E-state index is 11.7. The van der Waals surface area contributed by atoms with E-state index in [4.69, 9.17) is 4.74 Å². The van der Waals surface area contributed by atoms with Crippen LogP contribution in [-0.4, -0.2) is 25.7 Å². The molecule has 0 aliphatic heterocycles. The molecule has 0 spiro atoms. The van der Waals surface area contributed by atoms with E-state index >= 15 is 0 Å². The highest BCUT2D eigenvalue weighted by Crippen LogP contribution is 2.10. The van der Waals surface area contributed by atoms with Gasteiger partial charge in [0, 0.05) is 12.4 Å². The zero-order valence-corrected chi connectivity index (χ0v) is 12.3. The molecule has 3 rings (SSSR count). The van der Waals surface area contributed by atoms with Crippen LogP contribution < -0.4 is 5.32 Å². The number of carbonyl (C=O) groups excluding carboxylic acids is 1. The fourth-order valence-corrected chi connectivity index (χ4v) is 1.96. The fourth-order valence-electron chi connectivity index (χ4n) is 1.66. The Morgan fingerprint density at radius 3 is 2.95 bits per heavy atom. The van der Waals surface area contributed by atoms with Crippen molar-refractivity contribution in [1.29, 1.82) is 0 Å². The van der Waals surface area contributed by atoms with E-state index < -0.39 is 6.09 Å². The van der Waals surface area contributed by atoms with Crippen molar-refractivity contribution in [1.82, 2.24) is 19.6 Å². The summed E-state index contributed by atoms with van der Waals surface area (Å²) in [6, 6.07) is 9.40. The van der Waals surface area contributed by atoms with Gasteiger partial charge in [-0.2, -0.15) is 4.98 Å². The second kappa shape index (κ2) is 5.88. The lowest BCUT2D eigenvalue weighted by Gasteiger charge is -2.03. The molecule has 1 aromatic carbocycles. The Labute approximate surface area is 128 Å². The van der Waals surface area contributed by atoms with Gasteiger partial charge in [0.1, 0.15) is 6.61 Å². The van der Waals surface area contributed by atoms with Crippen LogP contribution in [0.2, 0.25) is 0 Å². The van der Waals surface area contributed by atoms with E-state index in [1.807, 2.05) is 30.3 Å². The highest BCUT2D eigenvalue weighted by Gasteiger charge is 2.09. The van der Waals surface area contributed by atoms with Crippen molar-refractivity contribution in [2.45, 2.75) is 6.61 Å². The summed E-state index contributed by atoms with van der Waals surface area (Å²) in [7, 11) is 0. The van der Waals surface area contributed by atoms with Gasteiger partial charge in [-0.05, 0) is 21.5 Å². The number of aromatic nitrogens is 4. The van der Waals surface area contributed by atoms with Gasteiger partial charge in [0.05, 0.1) is 4.47 Å². The number of rotatable bonds is 3. The van der Waals surface area contributed by atoms with Crippen LogP contribution >= 0.6 is 15.9 Å². The van der Waals surface area contributed by atoms with Crippen LogP contribution in [0.5, 0.6) is 0 Å². The first-order chi connectivity index (χ1) is 10.2. The third-order valence-corrected chi connectivity index (χ3v) is 3.00. The first kappa shape index (κ1) is 13.5. The van der Waals surface area contributed by atoms with Gasteiger partial charge in [0.15, 0.2) is 0 Å². The Hall–Kier alpha value is -2.48. The molecule has 21 heavy (non-hydrogen) atoms. The highest BCUT2D eigenvalue weighted by atomic mass is 79.9. The number of anilines is 1. The fraction of sp³-hybridized carbons (Fsp3) is 0.0769. The minimum atomic E-state index is -0.617. The maximum Gasteiger partial charge on any atom is 0.414 e. The molecule has 106 valence electrons. The molecule has 8 heteroatoms. The summed E-state index contributed by atoms with van der Waals surface area (Å²) in [5.74, 6) is 0.523. The summed E-state index contributed by atoms with van der Waals surface area (Å²) >= 11 is 3.28. The second-order valence-electron chi connectivity index (χ2n) is 4.14. The molecular formula is C13H10BrN5O2. The van der Waals surface area contributed by atoms with Crippen molar-refractivity contribution < 1.29 is 9.53 Å². The van der Waals surface area contributed by atoms with E-state index in [1.165, 1.54) is 4.52 Å². The number of benzene rings is 1. The molecule has 2 heterocycles. The van der Waals surface area contributed by atoms with Crippen molar-refractivity contribution in [3.63, 3.8) is 0 Å². The SMILES string of the molecule is O=C(Nc1nc2ncc(Br)cn2n1)OCc1ccccc1. The molecule has 0 aliphatic carbocycles. The van der Waals surface area contributed by atoms with E-state index in [9.17, 15) is 4.79 Å². The third-order valence-electron chi connectivity index (χ3n) is 2.59. The molecule has 0 unspecified atom stereocenters. The van der Waals surface area contributed by atoms with Gasteiger partial charge in [-0.25, -0.2) is 14.3 Å². The Kier molecular flexibility index (Phi) is 3.78. The second-order valence-corrected chi connectivity index (χ2v) is 5.05. The van der Waals surface area contributed by atoms with Gasteiger partial charge in [0.2, 0.25) is 0 Å². The van der Waals surface area contributed by atoms with Gasteiger partial charge in [-0.3, -0.25) is 5.32 Å². The predicted molar refractivity (Wildman–Crippen MR) is 78.7 cm³/mol. The van der Waals surface area contributed by atoms with Gasteiger partial charge >= 0.3 is 6.09 Å². The van der Waals surface area contributed by atoms with E-state index in [-0.39, 0.29) is 12.6 Å². The van der Waals surface area contributed by atoms with E-state index in [0.29, 0.717) is 5.78 Å². The molecule has 1 amide bonds. The Morgan fingerprint density at radius 1 is 1.33 bits per heavy atom.